The van der Waals surface area contributed by atoms with Crippen LogP contribution in [0.25, 0.3) is 11.1 Å². The summed E-state index contributed by atoms with van der Waals surface area (Å²) in [6, 6.07) is 15.6. The fourth-order valence-corrected chi connectivity index (χ4v) is 2.29. The monoisotopic (exact) mass is 318 g/mol. The SMILES string of the molecule is CCOC(=O)c1ccccc1-c1cccc(CBr)c1. The van der Waals surface area contributed by atoms with Gasteiger partial charge in [-0.15, -0.1) is 0 Å². The number of benzene rings is 2. The standard InChI is InChI=1S/C16H15BrO2/c1-2-19-16(18)15-9-4-3-8-14(15)13-7-5-6-12(10-13)11-17/h3-10H,2,11H2,1H3. The van der Waals surface area contributed by atoms with Gasteiger partial charge < -0.3 is 4.74 Å². The van der Waals surface area contributed by atoms with Gasteiger partial charge in [0.2, 0.25) is 0 Å². The van der Waals surface area contributed by atoms with E-state index in [9.17, 15) is 4.79 Å². The second-order valence-corrected chi connectivity index (χ2v) is 4.66. The zero-order valence-electron chi connectivity index (χ0n) is 10.7. The molecule has 19 heavy (non-hydrogen) atoms. The number of carbonyl (C=O) groups excluding carboxylic acids is 1. The minimum atomic E-state index is -0.276. The first-order valence-electron chi connectivity index (χ1n) is 6.17. The van der Waals surface area contributed by atoms with Crippen molar-refractivity contribution >= 4 is 21.9 Å². The van der Waals surface area contributed by atoms with Crippen LogP contribution in [0.15, 0.2) is 48.5 Å². The third kappa shape index (κ3) is 3.24. The van der Waals surface area contributed by atoms with Crippen molar-refractivity contribution in [3.8, 4) is 11.1 Å². The predicted octanol–water partition coefficient (Wildman–Crippen LogP) is 4.43. The summed E-state index contributed by atoms with van der Waals surface area (Å²) < 4.78 is 5.10. The number of ether oxygens (including phenoxy) is 1. The lowest BCUT2D eigenvalue weighted by Crippen LogP contribution is -2.06. The van der Waals surface area contributed by atoms with E-state index in [1.807, 2.05) is 43.3 Å². The molecule has 98 valence electrons. The molecule has 0 heterocycles. The lowest BCUT2D eigenvalue weighted by atomic mass is 9.98. The highest BCUT2D eigenvalue weighted by Crippen LogP contribution is 2.25. The Morgan fingerprint density at radius 1 is 1.16 bits per heavy atom. The predicted molar refractivity (Wildman–Crippen MR) is 80.5 cm³/mol. The second-order valence-electron chi connectivity index (χ2n) is 4.10. The third-order valence-electron chi connectivity index (χ3n) is 2.81. The molecule has 2 aromatic rings. The van der Waals surface area contributed by atoms with Crippen LogP contribution in [0.2, 0.25) is 0 Å². The second kappa shape index (κ2) is 6.53. The number of halogens is 1. The van der Waals surface area contributed by atoms with Crippen LogP contribution in [-0.2, 0) is 10.1 Å². The number of alkyl halides is 1. The molecule has 0 amide bonds. The fourth-order valence-electron chi connectivity index (χ4n) is 1.94. The number of hydrogen-bond acceptors (Lipinski definition) is 2. The van der Waals surface area contributed by atoms with Crippen LogP contribution >= 0.6 is 15.9 Å². The smallest absolute Gasteiger partial charge is 0.338 e. The molecular weight excluding hydrogens is 304 g/mol. The highest BCUT2D eigenvalue weighted by molar-refractivity contribution is 9.08. The molecule has 2 nitrogen and oxygen atoms in total. The summed E-state index contributed by atoms with van der Waals surface area (Å²) >= 11 is 3.44. The van der Waals surface area contributed by atoms with Gasteiger partial charge in [0.15, 0.2) is 0 Å². The van der Waals surface area contributed by atoms with Crippen LogP contribution in [0, 0.1) is 0 Å². The van der Waals surface area contributed by atoms with E-state index < -0.39 is 0 Å². The summed E-state index contributed by atoms with van der Waals surface area (Å²) in [5.74, 6) is -0.276. The highest BCUT2D eigenvalue weighted by atomic mass is 79.9. The molecule has 0 aliphatic rings. The first kappa shape index (κ1) is 13.8. The van der Waals surface area contributed by atoms with Crippen LogP contribution in [0.5, 0.6) is 0 Å². The minimum absolute atomic E-state index is 0.276. The van der Waals surface area contributed by atoms with Gasteiger partial charge in [-0.25, -0.2) is 4.79 Å². The maximum Gasteiger partial charge on any atom is 0.338 e. The number of carbonyl (C=O) groups is 1. The van der Waals surface area contributed by atoms with Crippen molar-refractivity contribution in [2.24, 2.45) is 0 Å². The molecule has 0 spiro atoms. The quantitative estimate of drug-likeness (QED) is 0.616. The van der Waals surface area contributed by atoms with Crippen LogP contribution < -0.4 is 0 Å². The maximum absolute atomic E-state index is 12.0. The molecular formula is C16H15BrO2. The zero-order valence-corrected chi connectivity index (χ0v) is 12.3. The van der Waals surface area contributed by atoms with E-state index in [-0.39, 0.29) is 5.97 Å². The summed E-state index contributed by atoms with van der Waals surface area (Å²) in [7, 11) is 0. The Kier molecular flexibility index (Phi) is 4.74. The van der Waals surface area contributed by atoms with Gasteiger partial charge in [0.1, 0.15) is 0 Å². The topological polar surface area (TPSA) is 26.3 Å². The molecule has 0 aliphatic heterocycles. The van der Waals surface area contributed by atoms with Gasteiger partial charge in [-0.1, -0.05) is 58.4 Å². The van der Waals surface area contributed by atoms with Crippen LogP contribution in [0.4, 0.5) is 0 Å². The van der Waals surface area contributed by atoms with E-state index in [1.165, 1.54) is 5.56 Å². The van der Waals surface area contributed by atoms with E-state index in [4.69, 9.17) is 4.74 Å². The number of rotatable bonds is 4. The largest absolute Gasteiger partial charge is 0.462 e. The van der Waals surface area contributed by atoms with Crippen molar-refractivity contribution < 1.29 is 9.53 Å². The van der Waals surface area contributed by atoms with Crippen LogP contribution in [-0.4, -0.2) is 12.6 Å². The van der Waals surface area contributed by atoms with Gasteiger partial charge in [0.05, 0.1) is 12.2 Å². The van der Waals surface area contributed by atoms with Gasteiger partial charge in [-0.05, 0) is 29.7 Å². The van der Waals surface area contributed by atoms with Gasteiger partial charge >= 0.3 is 5.97 Å². The molecule has 0 saturated heterocycles. The Labute approximate surface area is 121 Å². The molecule has 3 heteroatoms. The van der Waals surface area contributed by atoms with E-state index >= 15 is 0 Å². The Hall–Kier alpha value is -1.61. The summed E-state index contributed by atoms with van der Waals surface area (Å²) in [4.78, 5) is 12.0. The maximum atomic E-state index is 12.0. The highest BCUT2D eigenvalue weighted by Gasteiger charge is 2.13. The average molecular weight is 319 g/mol. The molecule has 0 aliphatic carbocycles. The van der Waals surface area contributed by atoms with Crippen molar-refractivity contribution in [1.29, 1.82) is 0 Å². The van der Waals surface area contributed by atoms with Crippen molar-refractivity contribution in [2.45, 2.75) is 12.3 Å². The van der Waals surface area contributed by atoms with Gasteiger partial charge in [-0.2, -0.15) is 0 Å². The Morgan fingerprint density at radius 2 is 1.95 bits per heavy atom. The van der Waals surface area contributed by atoms with Crippen molar-refractivity contribution in [2.75, 3.05) is 6.61 Å². The van der Waals surface area contributed by atoms with Crippen molar-refractivity contribution in [3.05, 3.63) is 59.7 Å². The molecule has 0 radical (unpaired) electrons. The molecule has 0 N–H and O–H groups in total. The summed E-state index contributed by atoms with van der Waals surface area (Å²) in [6.07, 6.45) is 0. The first-order chi connectivity index (χ1) is 9.26. The number of esters is 1. The summed E-state index contributed by atoms with van der Waals surface area (Å²) in [5, 5.41) is 0.794. The molecule has 0 unspecified atom stereocenters. The Balaban J connectivity index is 2.46. The molecule has 0 aromatic heterocycles. The fraction of sp³-hybridized carbons (Fsp3) is 0.188. The molecule has 2 aromatic carbocycles. The summed E-state index contributed by atoms with van der Waals surface area (Å²) in [5.41, 5.74) is 3.72. The van der Waals surface area contributed by atoms with Gasteiger partial charge in [-0.3, -0.25) is 0 Å². The van der Waals surface area contributed by atoms with Crippen LogP contribution in [0.3, 0.4) is 0 Å². The lowest BCUT2D eigenvalue weighted by Gasteiger charge is -2.09. The normalized spacial score (nSPS) is 10.2. The van der Waals surface area contributed by atoms with E-state index in [1.54, 1.807) is 6.07 Å². The van der Waals surface area contributed by atoms with E-state index in [0.29, 0.717) is 12.2 Å². The lowest BCUT2D eigenvalue weighted by molar-refractivity contribution is 0.0527. The zero-order chi connectivity index (χ0) is 13.7. The molecule has 0 bridgehead atoms. The minimum Gasteiger partial charge on any atom is -0.462 e. The molecule has 0 fully saturated rings. The van der Waals surface area contributed by atoms with Crippen molar-refractivity contribution in [1.82, 2.24) is 0 Å². The molecule has 0 atom stereocenters. The Morgan fingerprint density at radius 3 is 2.68 bits per heavy atom. The number of hydrogen-bond donors (Lipinski definition) is 0. The van der Waals surface area contributed by atoms with Gasteiger partial charge in [0.25, 0.3) is 0 Å². The van der Waals surface area contributed by atoms with Crippen LogP contribution in [0.1, 0.15) is 22.8 Å². The summed E-state index contributed by atoms with van der Waals surface area (Å²) in [6.45, 7) is 2.20. The first-order valence-corrected chi connectivity index (χ1v) is 7.30. The average Bonchev–Trinajstić information content (AvgIpc) is 2.47. The molecule has 2 rings (SSSR count). The molecule has 0 saturated carbocycles. The van der Waals surface area contributed by atoms with Crippen molar-refractivity contribution in [3.63, 3.8) is 0 Å². The van der Waals surface area contributed by atoms with E-state index in [0.717, 1.165) is 16.5 Å². The van der Waals surface area contributed by atoms with Gasteiger partial charge in [0, 0.05) is 5.33 Å². The Bertz CT molecular complexity index is 578. The third-order valence-corrected chi connectivity index (χ3v) is 3.46. The van der Waals surface area contributed by atoms with E-state index in [2.05, 4.69) is 22.0 Å².